The third kappa shape index (κ3) is 3.46. The normalized spacial score (nSPS) is 21.5. The quantitative estimate of drug-likeness (QED) is 0.851. The molecule has 5 heteroatoms. The predicted molar refractivity (Wildman–Crippen MR) is 103 cm³/mol. The van der Waals surface area contributed by atoms with Gasteiger partial charge < -0.3 is 9.64 Å². The minimum Gasteiger partial charge on any atom is -0.377 e. The second-order valence-corrected chi connectivity index (χ2v) is 7.51. The van der Waals surface area contributed by atoms with E-state index in [0.717, 1.165) is 67.1 Å². The summed E-state index contributed by atoms with van der Waals surface area (Å²) in [6.45, 7) is 9.31. The third-order valence-corrected chi connectivity index (χ3v) is 5.55. The van der Waals surface area contributed by atoms with Gasteiger partial charge in [0.05, 0.1) is 17.2 Å². The number of benzene rings is 1. The van der Waals surface area contributed by atoms with Crippen molar-refractivity contribution in [2.24, 2.45) is 0 Å². The standard InChI is InChI=1S/C21H27N3O2/c1-15-5-3-7-18-19(13-16(2)22-20(15)18)21(25)24-10-8-23(9-11-24)14-17-6-4-12-26-17/h3,5,7,13,17H,4,6,8-12,14H2,1-2H3/t17-/m0/s1. The van der Waals surface area contributed by atoms with Crippen molar-refractivity contribution in [3.8, 4) is 0 Å². The van der Waals surface area contributed by atoms with Gasteiger partial charge in [0, 0.05) is 50.4 Å². The second kappa shape index (κ2) is 7.33. The van der Waals surface area contributed by atoms with Crippen LogP contribution in [0.5, 0.6) is 0 Å². The molecule has 0 saturated carbocycles. The van der Waals surface area contributed by atoms with Gasteiger partial charge in [0.2, 0.25) is 0 Å². The number of rotatable bonds is 3. The minimum absolute atomic E-state index is 0.128. The number of carbonyl (C=O) groups is 1. The molecule has 2 fully saturated rings. The lowest BCUT2D eigenvalue weighted by Crippen LogP contribution is -2.50. The van der Waals surface area contributed by atoms with Crippen molar-refractivity contribution in [1.82, 2.24) is 14.8 Å². The lowest BCUT2D eigenvalue weighted by atomic mass is 10.0. The number of para-hydroxylation sites is 1. The number of aryl methyl sites for hydroxylation is 2. The number of hydrogen-bond acceptors (Lipinski definition) is 4. The number of hydrogen-bond donors (Lipinski definition) is 0. The van der Waals surface area contributed by atoms with Gasteiger partial charge in [0.1, 0.15) is 0 Å². The summed E-state index contributed by atoms with van der Waals surface area (Å²) in [7, 11) is 0. The topological polar surface area (TPSA) is 45.7 Å². The van der Waals surface area contributed by atoms with Gasteiger partial charge in [-0.15, -0.1) is 0 Å². The van der Waals surface area contributed by atoms with Crippen molar-refractivity contribution in [1.29, 1.82) is 0 Å². The summed E-state index contributed by atoms with van der Waals surface area (Å²) >= 11 is 0. The van der Waals surface area contributed by atoms with Gasteiger partial charge in [-0.2, -0.15) is 0 Å². The summed E-state index contributed by atoms with van der Waals surface area (Å²) in [6.07, 6.45) is 2.73. The van der Waals surface area contributed by atoms with E-state index in [2.05, 4.69) is 9.88 Å². The lowest BCUT2D eigenvalue weighted by Gasteiger charge is -2.36. The highest BCUT2D eigenvalue weighted by Gasteiger charge is 2.26. The van der Waals surface area contributed by atoms with Crippen LogP contribution >= 0.6 is 0 Å². The highest BCUT2D eigenvalue weighted by atomic mass is 16.5. The summed E-state index contributed by atoms with van der Waals surface area (Å²) in [4.78, 5) is 22.2. The summed E-state index contributed by atoms with van der Waals surface area (Å²) < 4.78 is 5.74. The van der Waals surface area contributed by atoms with Crippen LogP contribution in [0.2, 0.25) is 0 Å². The second-order valence-electron chi connectivity index (χ2n) is 7.51. The number of amides is 1. The molecule has 1 atom stereocenters. The average molecular weight is 353 g/mol. The van der Waals surface area contributed by atoms with E-state index < -0.39 is 0 Å². The lowest BCUT2D eigenvalue weighted by molar-refractivity contribution is 0.0433. The molecule has 1 aromatic heterocycles. The number of nitrogens with zero attached hydrogens (tertiary/aromatic N) is 3. The van der Waals surface area contributed by atoms with E-state index >= 15 is 0 Å². The fourth-order valence-electron chi connectivity index (χ4n) is 4.08. The molecule has 1 amide bonds. The molecule has 138 valence electrons. The summed E-state index contributed by atoms with van der Waals surface area (Å²) in [5, 5.41) is 0.961. The highest BCUT2D eigenvalue weighted by molar-refractivity contribution is 6.06. The number of fused-ring (bicyclic) bond motifs is 1. The van der Waals surface area contributed by atoms with Crippen LogP contribution < -0.4 is 0 Å². The molecule has 0 N–H and O–H groups in total. The van der Waals surface area contributed by atoms with Gasteiger partial charge in [-0.05, 0) is 38.3 Å². The Bertz CT molecular complexity index is 806. The molecule has 2 saturated heterocycles. The Kier molecular flexibility index (Phi) is 4.92. The van der Waals surface area contributed by atoms with Crippen LogP contribution in [-0.4, -0.2) is 66.1 Å². The first-order valence-corrected chi connectivity index (χ1v) is 9.62. The van der Waals surface area contributed by atoms with Crippen molar-refractivity contribution < 1.29 is 9.53 Å². The van der Waals surface area contributed by atoms with Gasteiger partial charge in [0.15, 0.2) is 0 Å². The van der Waals surface area contributed by atoms with E-state index in [1.807, 2.05) is 43.0 Å². The van der Waals surface area contributed by atoms with Gasteiger partial charge in [-0.3, -0.25) is 14.7 Å². The number of piperazine rings is 1. The summed E-state index contributed by atoms with van der Waals surface area (Å²) in [5.41, 5.74) is 3.73. The molecule has 4 rings (SSSR count). The minimum atomic E-state index is 0.128. The first-order valence-electron chi connectivity index (χ1n) is 9.62. The van der Waals surface area contributed by atoms with E-state index in [4.69, 9.17) is 4.74 Å². The van der Waals surface area contributed by atoms with Crippen molar-refractivity contribution in [3.63, 3.8) is 0 Å². The van der Waals surface area contributed by atoms with Crippen LogP contribution in [0.25, 0.3) is 10.9 Å². The number of aromatic nitrogens is 1. The van der Waals surface area contributed by atoms with Gasteiger partial charge in [-0.25, -0.2) is 0 Å². The van der Waals surface area contributed by atoms with Gasteiger partial charge in [0.25, 0.3) is 5.91 Å². The van der Waals surface area contributed by atoms with Crippen molar-refractivity contribution in [3.05, 3.63) is 41.1 Å². The molecule has 2 aliphatic heterocycles. The summed E-state index contributed by atoms with van der Waals surface area (Å²) in [6, 6.07) is 8.00. The first kappa shape index (κ1) is 17.4. The molecule has 26 heavy (non-hydrogen) atoms. The molecule has 0 spiro atoms. The molecular weight excluding hydrogens is 326 g/mol. The Hall–Kier alpha value is -1.98. The van der Waals surface area contributed by atoms with E-state index in [-0.39, 0.29) is 5.91 Å². The van der Waals surface area contributed by atoms with E-state index in [9.17, 15) is 4.79 Å². The monoisotopic (exact) mass is 353 g/mol. The largest absolute Gasteiger partial charge is 0.377 e. The van der Waals surface area contributed by atoms with Crippen LogP contribution in [0.3, 0.4) is 0 Å². The maximum atomic E-state index is 13.2. The molecule has 0 aliphatic carbocycles. The molecular formula is C21H27N3O2. The van der Waals surface area contributed by atoms with E-state index in [0.29, 0.717) is 6.10 Å². The van der Waals surface area contributed by atoms with E-state index in [1.54, 1.807) is 0 Å². The number of ether oxygens (including phenoxy) is 1. The van der Waals surface area contributed by atoms with Crippen molar-refractivity contribution in [2.45, 2.75) is 32.8 Å². The molecule has 0 unspecified atom stereocenters. The molecule has 0 bridgehead atoms. The van der Waals surface area contributed by atoms with Crippen LogP contribution in [0.15, 0.2) is 24.3 Å². The first-order chi connectivity index (χ1) is 12.6. The zero-order valence-corrected chi connectivity index (χ0v) is 15.7. The molecule has 5 nitrogen and oxygen atoms in total. The van der Waals surface area contributed by atoms with E-state index in [1.165, 1.54) is 12.8 Å². The predicted octanol–water partition coefficient (Wildman–Crippen LogP) is 2.79. The molecule has 2 aromatic rings. The Labute approximate surface area is 154 Å². The zero-order chi connectivity index (χ0) is 18.1. The van der Waals surface area contributed by atoms with Crippen molar-refractivity contribution in [2.75, 3.05) is 39.3 Å². The zero-order valence-electron chi connectivity index (χ0n) is 15.7. The SMILES string of the molecule is Cc1cc(C(=O)N2CCN(C[C@@H]3CCCO3)CC2)c2cccc(C)c2n1. The fraction of sp³-hybridized carbons (Fsp3) is 0.524. The van der Waals surface area contributed by atoms with Crippen LogP contribution in [-0.2, 0) is 4.74 Å². The van der Waals surface area contributed by atoms with Crippen molar-refractivity contribution >= 4 is 16.8 Å². The maximum absolute atomic E-state index is 13.2. The maximum Gasteiger partial charge on any atom is 0.254 e. The van der Waals surface area contributed by atoms with Crippen LogP contribution in [0.1, 0.15) is 34.5 Å². The number of carbonyl (C=O) groups excluding carboxylic acids is 1. The van der Waals surface area contributed by atoms with Gasteiger partial charge in [-0.1, -0.05) is 18.2 Å². The molecule has 1 aromatic carbocycles. The highest BCUT2D eigenvalue weighted by Crippen LogP contribution is 2.23. The molecule has 3 heterocycles. The average Bonchev–Trinajstić information content (AvgIpc) is 3.15. The molecule has 2 aliphatic rings. The Morgan fingerprint density at radius 1 is 1.23 bits per heavy atom. The number of pyridine rings is 1. The van der Waals surface area contributed by atoms with Crippen LogP contribution in [0.4, 0.5) is 0 Å². The molecule has 0 radical (unpaired) electrons. The summed E-state index contributed by atoms with van der Waals surface area (Å²) in [5.74, 6) is 0.128. The third-order valence-electron chi connectivity index (χ3n) is 5.55. The fourth-order valence-corrected chi connectivity index (χ4v) is 4.08. The Morgan fingerprint density at radius 3 is 2.77 bits per heavy atom. The Balaban J connectivity index is 1.48. The van der Waals surface area contributed by atoms with Gasteiger partial charge >= 0.3 is 0 Å². The Morgan fingerprint density at radius 2 is 2.04 bits per heavy atom. The smallest absolute Gasteiger partial charge is 0.254 e. The van der Waals surface area contributed by atoms with Crippen LogP contribution in [0, 0.1) is 13.8 Å².